The van der Waals surface area contributed by atoms with Crippen LogP contribution in [0.15, 0.2) is 0 Å². The molecule has 3 rings (SSSR count). The zero-order valence-electron chi connectivity index (χ0n) is 31.1. The second-order valence-corrected chi connectivity index (χ2v) is 19.9. The summed E-state index contributed by atoms with van der Waals surface area (Å²) in [6.45, 7) is 46.5. The summed E-state index contributed by atoms with van der Waals surface area (Å²) in [6, 6.07) is 0. The standard InChI is InChI=1S/C14H28.C13H26O.C11H22O.3CH4/c1-12(2,3)14(13(4,5)6)10-8-7-9-11-14;1-11(2,3)13(12(4,5)6)7-9-14-10-8-13;1-9(2,3)11(7-12-8-11)10(4,5)6;;;/h7-11H2,1-6H3;7-10H2,1-6H3;7-8H2,1-6H3;3*1H4. The van der Waals surface area contributed by atoms with E-state index in [1.165, 1.54) is 44.9 Å². The van der Waals surface area contributed by atoms with Crippen molar-refractivity contribution in [2.24, 2.45) is 48.7 Å². The van der Waals surface area contributed by atoms with Crippen molar-refractivity contribution in [2.75, 3.05) is 26.4 Å². The lowest BCUT2D eigenvalue weighted by Crippen LogP contribution is -2.59. The van der Waals surface area contributed by atoms with Gasteiger partial charge in [0.2, 0.25) is 0 Å². The molecule has 2 saturated heterocycles. The maximum absolute atomic E-state index is 5.52. The van der Waals surface area contributed by atoms with Gasteiger partial charge in [-0.25, -0.2) is 0 Å². The third-order valence-corrected chi connectivity index (χ3v) is 12.4. The van der Waals surface area contributed by atoms with Gasteiger partial charge in [-0.15, -0.1) is 0 Å². The first-order valence-corrected chi connectivity index (χ1v) is 16.8. The number of ether oxygens (including phenoxy) is 2. The molecule has 0 aromatic rings. The largest absolute Gasteiger partial charge is 0.381 e. The second-order valence-electron chi connectivity index (χ2n) is 19.9. The monoisotopic (exact) mass is 613 g/mol. The molecule has 0 amide bonds. The first-order valence-electron chi connectivity index (χ1n) is 16.8. The Morgan fingerprint density at radius 2 is 0.581 bits per heavy atom. The lowest BCUT2D eigenvalue weighted by atomic mass is 9.49. The van der Waals surface area contributed by atoms with Crippen molar-refractivity contribution in [1.29, 1.82) is 0 Å². The van der Waals surface area contributed by atoms with Gasteiger partial charge < -0.3 is 9.47 Å². The van der Waals surface area contributed by atoms with Gasteiger partial charge in [0.15, 0.2) is 0 Å². The third-order valence-electron chi connectivity index (χ3n) is 12.4. The smallest absolute Gasteiger partial charge is 0.0554 e. The fraction of sp³-hybridized carbons (Fsp3) is 1.00. The van der Waals surface area contributed by atoms with E-state index in [1.807, 2.05) is 0 Å². The van der Waals surface area contributed by atoms with Crippen LogP contribution in [0.4, 0.5) is 0 Å². The van der Waals surface area contributed by atoms with Crippen molar-refractivity contribution >= 4 is 0 Å². The predicted octanol–water partition coefficient (Wildman–Crippen LogP) is 13.9. The minimum atomic E-state index is 0. The Kier molecular flexibility index (Phi) is 17.3. The fourth-order valence-corrected chi connectivity index (χ4v) is 9.42. The lowest BCUT2D eigenvalue weighted by Gasteiger charge is -2.58. The molecule has 2 heteroatoms. The topological polar surface area (TPSA) is 18.5 Å². The van der Waals surface area contributed by atoms with Crippen LogP contribution in [0.3, 0.4) is 0 Å². The molecule has 1 aliphatic carbocycles. The van der Waals surface area contributed by atoms with Crippen LogP contribution in [0.25, 0.3) is 0 Å². The van der Waals surface area contributed by atoms with Crippen molar-refractivity contribution in [3.8, 4) is 0 Å². The van der Waals surface area contributed by atoms with E-state index < -0.39 is 0 Å². The van der Waals surface area contributed by atoms with Gasteiger partial charge in [0.25, 0.3) is 0 Å². The van der Waals surface area contributed by atoms with Crippen LogP contribution in [-0.2, 0) is 9.47 Å². The molecule has 0 spiro atoms. The van der Waals surface area contributed by atoms with E-state index in [0.29, 0.717) is 48.7 Å². The molecule has 0 atom stereocenters. The molecular formula is C41H88O2. The van der Waals surface area contributed by atoms with Crippen molar-refractivity contribution in [3.05, 3.63) is 0 Å². The molecule has 2 aliphatic heterocycles. The number of hydrogen-bond donors (Lipinski definition) is 0. The summed E-state index contributed by atoms with van der Waals surface area (Å²) in [5, 5.41) is 0. The van der Waals surface area contributed by atoms with Gasteiger partial charge in [0.05, 0.1) is 13.2 Å². The van der Waals surface area contributed by atoms with Crippen LogP contribution in [0.1, 0.15) is 192 Å². The van der Waals surface area contributed by atoms with Gasteiger partial charge in [-0.05, 0) is 69.0 Å². The van der Waals surface area contributed by atoms with Crippen molar-refractivity contribution in [1.82, 2.24) is 0 Å². The van der Waals surface area contributed by atoms with Crippen LogP contribution < -0.4 is 0 Å². The minimum absolute atomic E-state index is 0. The van der Waals surface area contributed by atoms with E-state index in [0.717, 1.165) is 26.4 Å². The molecule has 264 valence electrons. The van der Waals surface area contributed by atoms with Crippen molar-refractivity contribution in [2.45, 2.75) is 192 Å². The van der Waals surface area contributed by atoms with Gasteiger partial charge in [0, 0.05) is 18.6 Å². The van der Waals surface area contributed by atoms with E-state index in [1.54, 1.807) is 0 Å². The van der Waals surface area contributed by atoms with Crippen LogP contribution in [0, 0.1) is 48.7 Å². The first kappa shape index (κ1) is 47.3. The summed E-state index contributed by atoms with van der Waals surface area (Å²) in [6.07, 6.45) is 9.61. The summed E-state index contributed by atoms with van der Waals surface area (Å²) in [7, 11) is 0. The van der Waals surface area contributed by atoms with Crippen LogP contribution >= 0.6 is 0 Å². The highest BCUT2D eigenvalue weighted by Crippen LogP contribution is 2.60. The Morgan fingerprint density at radius 3 is 0.721 bits per heavy atom. The lowest BCUT2D eigenvalue weighted by molar-refractivity contribution is -0.224. The summed E-state index contributed by atoms with van der Waals surface area (Å²) >= 11 is 0. The summed E-state index contributed by atoms with van der Waals surface area (Å²) in [5.74, 6) is 0. The quantitative estimate of drug-likeness (QED) is 0.271. The summed E-state index contributed by atoms with van der Waals surface area (Å²) < 4.78 is 10.9. The van der Waals surface area contributed by atoms with E-state index in [2.05, 4.69) is 125 Å². The first-order chi connectivity index (χ1) is 17.6. The summed E-state index contributed by atoms with van der Waals surface area (Å²) in [4.78, 5) is 0. The SMILES string of the molecule is C.C.C.CC(C)(C)C1(C(C)(C)C)CCCCC1.CC(C)(C)C1(C(C)(C)C)CCOCC1.CC(C)(C)C1(C(C)(C)C)COC1. The van der Waals surface area contributed by atoms with E-state index >= 15 is 0 Å². The Labute approximate surface area is 276 Å². The van der Waals surface area contributed by atoms with Crippen molar-refractivity contribution < 1.29 is 9.47 Å². The molecule has 0 aromatic carbocycles. The fourth-order valence-electron chi connectivity index (χ4n) is 9.42. The zero-order chi connectivity index (χ0) is 31.7. The molecule has 2 heterocycles. The maximum atomic E-state index is 5.52. The van der Waals surface area contributed by atoms with Crippen LogP contribution in [-0.4, -0.2) is 26.4 Å². The highest BCUT2D eigenvalue weighted by Gasteiger charge is 2.55. The molecule has 0 unspecified atom stereocenters. The Hall–Kier alpha value is -0.0800. The Bertz CT molecular complexity index is 651. The highest BCUT2D eigenvalue weighted by atomic mass is 16.5. The van der Waals surface area contributed by atoms with Crippen molar-refractivity contribution in [3.63, 3.8) is 0 Å². The predicted molar refractivity (Wildman–Crippen MR) is 198 cm³/mol. The molecule has 0 radical (unpaired) electrons. The number of rotatable bonds is 0. The minimum Gasteiger partial charge on any atom is -0.381 e. The zero-order valence-corrected chi connectivity index (χ0v) is 31.1. The van der Waals surface area contributed by atoms with E-state index in [4.69, 9.17) is 9.47 Å². The normalized spacial score (nSPS) is 21.9. The third kappa shape index (κ3) is 9.95. The van der Waals surface area contributed by atoms with E-state index in [-0.39, 0.29) is 22.3 Å². The Morgan fingerprint density at radius 1 is 0.326 bits per heavy atom. The van der Waals surface area contributed by atoms with Gasteiger partial charge in [0.1, 0.15) is 0 Å². The van der Waals surface area contributed by atoms with Crippen LogP contribution in [0.2, 0.25) is 0 Å². The highest BCUT2D eigenvalue weighted by molar-refractivity contribution is 5.03. The molecule has 43 heavy (non-hydrogen) atoms. The average Bonchev–Trinajstić information content (AvgIpc) is 2.69. The van der Waals surface area contributed by atoms with Crippen LogP contribution in [0.5, 0.6) is 0 Å². The van der Waals surface area contributed by atoms with Gasteiger partial charge >= 0.3 is 0 Å². The van der Waals surface area contributed by atoms with Gasteiger partial charge in [-0.3, -0.25) is 0 Å². The number of hydrogen-bond acceptors (Lipinski definition) is 2. The molecule has 0 bridgehead atoms. The molecule has 3 fully saturated rings. The second kappa shape index (κ2) is 15.7. The maximum Gasteiger partial charge on any atom is 0.0554 e. The summed E-state index contributed by atoms with van der Waals surface area (Å²) in [5.41, 5.74) is 3.70. The molecule has 0 N–H and O–H groups in total. The molecule has 0 aromatic heterocycles. The molecular weight excluding hydrogens is 524 g/mol. The molecule has 3 aliphatic rings. The molecule has 2 nitrogen and oxygen atoms in total. The van der Waals surface area contributed by atoms with Gasteiger partial charge in [-0.1, -0.05) is 166 Å². The van der Waals surface area contributed by atoms with Gasteiger partial charge in [-0.2, -0.15) is 0 Å². The Balaban J connectivity index is -0.000000541. The van der Waals surface area contributed by atoms with E-state index in [9.17, 15) is 0 Å². The average molecular weight is 613 g/mol. The molecule has 1 saturated carbocycles.